The van der Waals surface area contributed by atoms with Gasteiger partial charge in [0, 0.05) is 27.1 Å². The van der Waals surface area contributed by atoms with Crippen LogP contribution in [0.5, 0.6) is 0 Å². The fourth-order valence-corrected chi connectivity index (χ4v) is 13.2. The zero-order valence-corrected chi connectivity index (χ0v) is 15.9. The van der Waals surface area contributed by atoms with E-state index in [9.17, 15) is 0 Å². The number of hydrogen-bond acceptors (Lipinski definition) is 5. The van der Waals surface area contributed by atoms with Crippen LogP contribution in [-0.4, -0.2) is 67.8 Å². The molecule has 4 heterocycles. The molecule has 4 saturated heterocycles. The van der Waals surface area contributed by atoms with Gasteiger partial charge >= 0.3 is 0 Å². The summed E-state index contributed by atoms with van der Waals surface area (Å²) in [5, 5.41) is 0.432. The van der Waals surface area contributed by atoms with Crippen LogP contribution in [0.2, 0.25) is 15.1 Å². The summed E-state index contributed by atoms with van der Waals surface area (Å²) in [4.78, 5) is 0. The Kier molecular flexibility index (Phi) is 3.60. The summed E-state index contributed by atoms with van der Waals surface area (Å²) >= 11 is 0. The van der Waals surface area contributed by atoms with Crippen molar-refractivity contribution < 1.29 is 23.4 Å². The zero-order chi connectivity index (χ0) is 16.4. The van der Waals surface area contributed by atoms with Crippen LogP contribution in [0.25, 0.3) is 0 Å². The van der Waals surface area contributed by atoms with E-state index in [0.717, 1.165) is 59.5 Å². The lowest BCUT2D eigenvalue weighted by Gasteiger charge is -2.69. The molecule has 0 unspecified atom stereocenters. The second kappa shape index (κ2) is 5.02. The maximum absolute atomic E-state index is 7.08. The first-order valence-corrected chi connectivity index (χ1v) is 10.6. The lowest BCUT2D eigenvalue weighted by Crippen LogP contribution is -2.77. The van der Waals surface area contributed by atoms with Crippen molar-refractivity contribution in [2.45, 2.75) is 42.8 Å². The fourth-order valence-electron chi connectivity index (χ4n) is 5.36. The molecule has 23 heavy (non-hydrogen) atoms. The summed E-state index contributed by atoms with van der Waals surface area (Å²) in [6.07, 6.45) is 0. The van der Waals surface area contributed by atoms with Gasteiger partial charge in [-0.15, -0.1) is 0 Å². The predicted molar refractivity (Wildman–Crippen MR) is 88.2 cm³/mol. The highest BCUT2D eigenvalue weighted by molar-refractivity contribution is 6.83. The first kappa shape index (κ1) is 16.5. The van der Waals surface area contributed by atoms with Crippen LogP contribution in [0.1, 0.15) is 27.7 Å². The Hall–Kier alpha value is 0.0169. The smallest absolute Gasteiger partial charge is 0.223 e. The van der Waals surface area contributed by atoms with Gasteiger partial charge in [-0.1, -0.05) is 27.7 Å². The highest BCUT2D eigenvalue weighted by atomic mass is 28.4. The SMILES string of the molecule is CC1(CO[Si](C2(C)COC2)(C2(C)COC2)C2(C)COC2)COC1. The van der Waals surface area contributed by atoms with Crippen molar-refractivity contribution in [2.24, 2.45) is 5.41 Å². The van der Waals surface area contributed by atoms with E-state index in [1.165, 1.54) is 0 Å². The van der Waals surface area contributed by atoms with Crippen LogP contribution in [0.15, 0.2) is 0 Å². The minimum atomic E-state index is -2.24. The van der Waals surface area contributed by atoms with Crippen molar-refractivity contribution >= 4 is 8.32 Å². The van der Waals surface area contributed by atoms with Crippen LogP contribution < -0.4 is 0 Å². The van der Waals surface area contributed by atoms with Gasteiger partial charge in [0.15, 0.2) is 0 Å². The van der Waals surface area contributed by atoms with Crippen molar-refractivity contribution in [3.8, 4) is 0 Å². The first-order valence-electron chi connectivity index (χ1n) is 8.73. The van der Waals surface area contributed by atoms with Crippen LogP contribution >= 0.6 is 0 Å². The summed E-state index contributed by atoms with van der Waals surface area (Å²) in [6.45, 7) is 16.7. The molecule has 0 saturated carbocycles. The van der Waals surface area contributed by atoms with Crippen LogP contribution in [0.3, 0.4) is 0 Å². The molecule has 0 amide bonds. The van der Waals surface area contributed by atoms with Gasteiger partial charge in [-0.25, -0.2) is 0 Å². The van der Waals surface area contributed by atoms with Gasteiger partial charge in [0.1, 0.15) is 0 Å². The van der Waals surface area contributed by atoms with E-state index in [1.54, 1.807) is 0 Å². The van der Waals surface area contributed by atoms with Gasteiger partial charge < -0.3 is 23.4 Å². The van der Waals surface area contributed by atoms with Crippen molar-refractivity contribution in [1.82, 2.24) is 0 Å². The van der Waals surface area contributed by atoms with Crippen LogP contribution in [-0.2, 0) is 23.4 Å². The molecule has 0 N–H and O–H groups in total. The maximum Gasteiger partial charge on any atom is 0.223 e. The van der Waals surface area contributed by atoms with E-state index in [4.69, 9.17) is 23.4 Å². The Balaban J connectivity index is 1.71. The molecular formula is C17H30O5Si. The van der Waals surface area contributed by atoms with Gasteiger partial charge in [0.2, 0.25) is 8.32 Å². The van der Waals surface area contributed by atoms with Gasteiger partial charge in [0.25, 0.3) is 0 Å². The Bertz CT molecular complexity index is 427. The highest BCUT2D eigenvalue weighted by Crippen LogP contribution is 2.69. The normalized spacial score (nSPS) is 32.9. The Labute approximate surface area is 140 Å². The standard InChI is InChI=1S/C17H30O5Si/c1-14(5-18-6-14)7-22-23(15(2)8-19-9-15,16(3)10-20-11-16)17(4)12-21-13-17/h5-13H2,1-4H3. The van der Waals surface area contributed by atoms with Gasteiger partial charge in [-0.05, 0) is 0 Å². The summed E-state index contributed by atoms with van der Waals surface area (Å²) in [7, 11) is -2.24. The van der Waals surface area contributed by atoms with Crippen molar-refractivity contribution in [3.05, 3.63) is 0 Å². The molecule has 0 atom stereocenters. The molecule has 4 aliphatic rings. The van der Waals surface area contributed by atoms with Crippen molar-refractivity contribution in [2.75, 3.05) is 59.5 Å². The minimum absolute atomic E-state index is 0.144. The van der Waals surface area contributed by atoms with Crippen molar-refractivity contribution in [1.29, 1.82) is 0 Å². The van der Waals surface area contributed by atoms with Gasteiger partial charge in [0.05, 0.1) is 52.9 Å². The van der Waals surface area contributed by atoms with E-state index >= 15 is 0 Å². The highest BCUT2D eigenvalue weighted by Gasteiger charge is 2.76. The van der Waals surface area contributed by atoms with E-state index in [-0.39, 0.29) is 20.5 Å². The lowest BCUT2D eigenvalue weighted by atomic mass is 9.90. The number of rotatable bonds is 6. The van der Waals surface area contributed by atoms with Gasteiger partial charge in [-0.2, -0.15) is 0 Å². The second-order valence-corrected chi connectivity index (χ2v) is 14.7. The third-order valence-electron chi connectivity index (χ3n) is 6.61. The largest absolute Gasteiger partial charge is 0.414 e. The van der Waals surface area contributed by atoms with E-state index in [0.29, 0.717) is 0 Å². The monoisotopic (exact) mass is 342 g/mol. The molecule has 4 fully saturated rings. The van der Waals surface area contributed by atoms with Crippen molar-refractivity contribution in [3.63, 3.8) is 0 Å². The molecule has 4 aliphatic heterocycles. The Morgan fingerprint density at radius 1 is 0.652 bits per heavy atom. The van der Waals surface area contributed by atoms with E-state index < -0.39 is 8.32 Å². The number of ether oxygens (including phenoxy) is 4. The molecule has 132 valence electrons. The molecule has 0 bridgehead atoms. The van der Waals surface area contributed by atoms with Gasteiger partial charge in [-0.3, -0.25) is 0 Å². The summed E-state index contributed by atoms with van der Waals surface area (Å²) in [6, 6.07) is 0. The molecule has 0 aromatic heterocycles. The molecule has 0 aromatic rings. The summed E-state index contributed by atoms with van der Waals surface area (Å²) in [5.74, 6) is 0. The third kappa shape index (κ3) is 2.02. The maximum atomic E-state index is 7.08. The quantitative estimate of drug-likeness (QED) is 0.694. The molecule has 4 rings (SSSR count). The Morgan fingerprint density at radius 3 is 1.22 bits per heavy atom. The molecule has 0 spiro atoms. The average Bonchev–Trinajstić information content (AvgIpc) is 2.39. The summed E-state index contributed by atoms with van der Waals surface area (Å²) in [5.41, 5.74) is 0.168. The molecular weight excluding hydrogens is 312 g/mol. The average molecular weight is 343 g/mol. The van der Waals surface area contributed by atoms with Crippen LogP contribution in [0, 0.1) is 5.41 Å². The van der Waals surface area contributed by atoms with E-state index in [1.807, 2.05) is 0 Å². The molecule has 5 nitrogen and oxygen atoms in total. The lowest BCUT2D eigenvalue weighted by molar-refractivity contribution is -0.138. The Morgan fingerprint density at radius 2 is 1.00 bits per heavy atom. The molecule has 6 heteroatoms. The first-order chi connectivity index (χ1) is 10.8. The molecule has 0 aliphatic carbocycles. The predicted octanol–water partition coefficient (Wildman–Crippen LogP) is 2.36. The third-order valence-corrected chi connectivity index (χ3v) is 13.2. The molecule has 0 aromatic carbocycles. The minimum Gasteiger partial charge on any atom is -0.414 e. The fraction of sp³-hybridized carbons (Fsp3) is 1.00. The zero-order valence-electron chi connectivity index (χ0n) is 14.9. The molecule has 0 radical (unpaired) electrons. The number of hydrogen-bond donors (Lipinski definition) is 0. The van der Waals surface area contributed by atoms with E-state index in [2.05, 4.69) is 27.7 Å². The summed E-state index contributed by atoms with van der Waals surface area (Å²) < 4.78 is 29.6. The van der Waals surface area contributed by atoms with Crippen LogP contribution in [0.4, 0.5) is 0 Å². The topological polar surface area (TPSA) is 46.2 Å². The second-order valence-electron chi connectivity index (χ2n) is 9.43.